The van der Waals surface area contributed by atoms with Crippen LogP contribution < -0.4 is 0 Å². The molecular formula is C18H16F6S2. The molecule has 0 spiro atoms. The third-order valence-electron chi connectivity index (χ3n) is 5.03. The van der Waals surface area contributed by atoms with E-state index in [4.69, 9.17) is 0 Å². The first-order valence-corrected chi connectivity index (χ1v) is 9.47. The molecule has 2 aromatic heterocycles. The van der Waals surface area contributed by atoms with E-state index in [9.17, 15) is 26.3 Å². The molecule has 0 amide bonds. The van der Waals surface area contributed by atoms with E-state index in [1.165, 1.54) is 26.2 Å². The van der Waals surface area contributed by atoms with Gasteiger partial charge in [0.25, 0.3) is 0 Å². The van der Waals surface area contributed by atoms with Crippen LogP contribution in [0.3, 0.4) is 0 Å². The maximum atomic E-state index is 14.7. The molecule has 0 saturated carbocycles. The highest BCUT2D eigenvalue weighted by Crippen LogP contribution is 2.66. The van der Waals surface area contributed by atoms with Crippen LogP contribution in [0.2, 0.25) is 0 Å². The molecule has 0 aliphatic heterocycles. The minimum atomic E-state index is -5.50. The Bertz CT molecular complexity index is 930. The van der Waals surface area contributed by atoms with E-state index in [0.717, 1.165) is 22.7 Å². The van der Waals surface area contributed by atoms with Gasteiger partial charge >= 0.3 is 17.8 Å². The van der Waals surface area contributed by atoms with Crippen LogP contribution in [-0.2, 0) is 0 Å². The SMILES string of the molecule is Cc1scc(C2=C(c3c(C)sc(C)c3C)C(F)(F)C(F)(F)C2(F)F)c1C. The van der Waals surface area contributed by atoms with E-state index >= 15 is 0 Å². The van der Waals surface area contributed by atoms with E-state index in [0.29, 0.717) is 25.8 Å². The van der Waals surface area contributed by atoms with Gasteiger partial charge < -0.3 is 0 Å². The predicted molar refractivity (Wildman–Crippen MR) is 94.0 cm³/mol. The Kier molecular flexibility index (Phi) is 4.20. The van der Waals surface area contributed by atoms with Crippen molar-refractivity contribution >= 4 is 33.8 Å². The van der Waals surface area contributed by atoms with Crippen molar-refractivity contribution < 1.29 is 26.3 Å². The monoisotopic (exact) mass is 410 g/mol. The van der Waals surface area contributed by atoms with Crippen molar-refractivity contribution in [2.45, 2.75) is 52.4 Å². The minimum Gasteiger partial charge on any atom is -0.194 e. The van der Waals surface area contributed by atoms with E-state index < -0.39 is 28.9 Å². The van der Waals surface area contributed by atoms with Crippen molar-refractivity contribution in [1.29, 1.82) is 0 Å². The second kappa shape index (κ2) is 5.61. The Labute approximate surface area is 155 Å². The summed E-state index contributed by atoms with van der Waals surface area (Å²) in [5.41, 5.74) is -2.26. The zero-order valence-corrected chi connectivity index (χ0v) is 16.3. The maximum Gasteiger partial charge on any atom is 0.380 e. The summed E-state index contributed by atoms with van der Waals surface area (Å²) in [4.78, 5) is 1.58. The van der Waals surface area contributed by atoms with Gasteiger partial charge in [-0.05, 0) is 56.7 Å². The van der Waals surface area contributed by atoms with Gasteiger partial charge in [-0.1, -0.05) is 0 Å². The molecule has 1 aliphatic rings. The molecule has 2 aromatic rings. The molecule has 8 heteroatoms. The molecule has 0 unspecified atom stereocenters. The van der Waals surface area contributed by atoms with Gasteiger partial charge in [0.05, 0.1) is 0 Å². The molecule has 0 aromatic carbocycles. The molecule has 3 rings (SSSR count). The van der Waals surface area contributed by atoms with Gasteiger partial charge in [-0.15, -0.1) is 22.7 Å². The summed E-state index contributed by atoms with van der Waals surface area (Å²) in [6, 6.07) is 0. The van der Waals surface area contributed by atoms with Gasteiger partial charge in [0.2, 0.25) is 0 Å². The van der Waals surface area contributed by atoms with Crippen molar-refractivity contribution in [2.24, 2.45) is 0 Å². The lowest BCUT2D eigenvalue weighted by Gasteiger charge is -2.26. The molecule has 0 atom stereocenters. The molecule has 0 N–H and O–H groups in total. The number of rotatable bonds is 2. The normalized spacial score (nSPS) is 20.9. The van der Waals surface area contributed by atoms with Crippen LogP contribution in [0.4, 0.5) is 26.3 Å². The van der Waals surface area contributed by atoms with Crippen LogP contribution in [0.15, 0.2) is 5.38 Å². The Balaban J connectivity index is 2.51. The smallest absolute Gasteiger partial charge is 0.194 e. The van der Waals surface area contributed by atoms with Gasteiger partial charge in [0.1, 0.15) is 0 Å². The lowest BCUT2D eigenvalue weighted by Crippen LogP contribution is -2.49. The Morgan fingerprint density at radius 2 is 1.23 bits per heavy atom. The molecule has 1 aliphatic carbocycles. The van der Waals surface area contributed by atoms with Crippen molar-refractivity contribution in [3.63, 3.8) is 0 Å². The zero-order valence-electron chi connectivity index (χ0n) is 14.7. The van der Waals surface area contributed by atoms with Crippen molar-refractivity contribution in [3.05, 3.63) is 42.3 Å². The lowest BCUT2D eigenvalue weighted by molar-refractivity contribution is -0.254. The first kappa shape index (κ1) is 19.5. The number of thiophene rings is 2. The summed E-state index contributed by atoms with van der Waals surface area (Å²) in [5, 5.41) is 1.26. The standard InChI is InChI=1S/C18H16F6S2/c1-7-9(3)25-6-12(7)14-15(13-8(2)10(4)26-11(13)5)17(21,22)18(23,24)16(14,19)20/h6H,1-5H3. The highest BCUT2D eigenvalue weighted by atomic mass is 32.1. The van der Waals surface area contributed by atoms with Gasteiger partial charge in [-0.2, -0.15) is 26.3 Å². The molecule has 2 heterocycles. The molecule has 26 heavy (non-hydrogen) atoms. The fourth-order valence-corrected chi connectivity index (χ4v) is 5.28. The number of halogens is 6. The Morgan fingerprint density at radius 3 is 1.65 bits per heavy atom. The molecule has 0 radical (unpaired) electrons. The summed E-state index contributed by atoms with van der Waals surface area (Å²) < 4.78 is 87.3. The summed E-state index contributed by atoms with van der Waals surface area (Å²) in [6.07, 6.45) is 0. The number of hydrogen-bond donors (Lipinski definition) is 0. The second-order valence-corrected chi connectivity index (χ2v) is 9.03. The lowest BCUT2D eigenvalue weighted by atomic mass is 9.92. The highest BCUT2D eigenvalue weighted by molar-refractivity contribution is 7.12. The highest BCUT2D eigenvalue weighted by Gasteiger charge is 2.80. The van der Waals surface area contributed by atoms with E-state index in [2.05, 4.69) is 0 Å². The number of allylic oxidation sites excluding steroid dienone is 2. The maximum absolute atomic E-state index is 14.7. The van der Waals surface area contributed by atoms with Crippen LogP contribution in [0.25, 0.3) is 11.1 Å². The van der Waals surface area contributed by atoms with Gasteiger partial charge in [-0.25, -0.2) is 0 Å². The topological polar surface area (TPSA) is 0 Å². The zero-order chi connectivity index (χ0) is 19.8. The van der Waals surface area contributed by atoms with Crippen LogP contribution in [0.5, 0.6) is 0 Å². The third-order valence-corrected chi connectivity index (χ3v) is 7.17. The predicted octanol–water partition coefficient (Wildman–Crippen LogP) is 7.18. The Hall–Kier alpha value is -1.28. The first-order valence-electron chi connectivity index (χ1n) is 7.77. The summed E-state index contributed by atoms with van der Waals surface area (Å²) in [5.74, 6) is -15.4. The molecular weight excluding hydrogens is 394 g/mol. The van der Waals surface area contributed by atoms with Crippen LogP contribution >= 0.6 is 22.7 Å². The van der Waals surface area contributed by atoms with Gasteiger partial charge in [-0.3, -0.25) is 0 Å². The first-order chi connectivity index (χ1) is 11.8. The fourth-order valence-electron chi connectivity index (χ4n) is 3.33. The minimum absolute atomic E-state index is 0.187. The number of aryl methyl sites for hydroxylation is 3. The van der Waals surface area contributed by atoms with Crippen molar-refractivity contribution in [3.8, 4) is 0 Å². The quantitative estimate of drug-likeness (QED) is 0.460. The van der Waals surface area contributed by atoms with Crippen molar-refractivity contribution in [1.82, 2.24) is 0 Å². The molecule has 0 nitrogen and oxygen atoms in total. The van der Waals surface area contributed by atoms with E-state index in [1.807, 2.05) is 0 Å². The Morgan fingerprint density at radius 1 is 0.692 bits per heavy atom. The van der Waals surface area contributed by atoms with E-state index in [1.54, 1.807) is 13.8 Å². The van der Waals surface area contributed by atoms with Crippen LogP contribution in [0, 0.1) is 34.6 Å². The molecule has 0 fully saturated rings. The van der Waals surface area contributed by atoms with E-state index in [-0.39, 0.29) is 11.1 Å². The third kappa shape index (κ3) is 2.21. The average Bonchev–Trinajstić information content (AvgIpc) is 2.99. The number of hydrogen-bond acceptors (Lipinski definition) is 2. The summed E-state index contributed by atoms with van der Waals surface area (Å²) in [6.45, 7) is 7.75. The number of alkyl halides is 6. The van der Waals surface area contributed by atoms with Crippen LogP contribution in [0.1, 0.15) is 36.9 Å². The average molecular weight is 410 g/mol. The molecule has 0 bridgehead atoms. The summed E-state index contributed by atoms with van der Waals surface area (Å²) >= 11 is 2.21. The molecule has 142 valence electrons. The van der Waals surface area contributed by atoms with Gasteiger partial charge in [0, 0.05) is 31.3 Å². The van der Waals surface area contributed by atoms with Crippen molar-refractivity contribution in [2.75, 3.05) is 0 Å². The largest absolute Gasteiger partial charge is 0.380 e. The summed E-state index contributed by atoms with van der Waals surface area (Å²) in [7, 11) is 0. The van der Waals surface area contributed by atoms with Gasteiger partial charge in [0.15, 0.2) is 0 Å². The molecule has 0 saturated heterocycles. The second-order valence-electron chi connectivity index (χ2n) is 6.52. The fraction of sp³-hybridized carbons (Fsp3) is 0.444. The van der Waals surface area contributed by atoms with Crippen LogP contribution in [-0.4, -0.2) is 17.8 Å².